The average molecular weight is 389 g/mol. The zero-order valence-corrected chi connectivity index (χ0v) is 16.2. The normalized spacial score (nSPS) is 11.9. The van der Waals surface area contributed by atoms with Crippen LogP contribution in [0.2, 0.25) is 0 Å². The number of carbonyl (C=O) groups excluding carboxylic acids is 2. The molecular formula is C18H22BN2O5S. The lowest BCUT2D eigenvalue weighted by atomic mass is 9.79. The molecule has 0 spiro atoms. The first-order chi connectivity index (χ1) is 12.9. The Kier molecular flexibility index (Phi) is 7.52. The average Bonchev–Trinajstić information content (AvgIpc) is 3.16. The summed E-state index contributed by atoms with van der Waals surface area (Å²) < 4.78 is 5.27. The molecule has 9 heteroatoms. The Morgan fingerprint density at radius 3 is 2.67 bits per heavy atom. The van der Waals surface area contributed by atoms with Gasteiger partial charge in [0.2, 0.25) is 0 Å². The van der Waals surface area contributed by atoms with E-state index in [1.165, 1.54) is 11.3 Å². The smallest absolute Gasteiger partial charge is 0.329 e. The maximum Gasteiger partial charge on any atom is 0.329 e. The molecule has 1 amide bonds. The standard InChI is InChI=1S/C18H22BN2O5S/c1-10(2)16(18(24)26-7-13-8-27-9-20-13)21-17(23)14-5-4-12(6-22)15(19-25)11(14)3/h4-5,8-10,16,22,25H,6-7H2,1-3H3,(H,21,23)/t16-/m0/s1. The molecule has 0 aliphatic rings. The molecule has 0 bridgehead atoms. The number of aromatic nitrogens is 1. The van der Waals surface area contributed by atoms with Gasteiger partial charge in [-0.05, 0) is 35.5 Å². The lowest BCUT2D eigenvalue weighted by molar-refractivity contribution is -0.148. The van der Waals surface area contributed by atoms with E-state index in [1.807, 2.05) is 13.8 Å². The number of aliphatic hydroxyl groups is 1. The van der Waals surface area contributed by atoms with Crippen molar-refractivity contribution >= 4 is 36.2 Å². The molecule has 0 aliphatic heterocycles. The molecule has 2 rings (SSSR count). The number of aliphatic hydroxyl groups excluding tert-OH is 1. The number of amides is 1. The molecule has 0 unspecified atom stereocenters. The van der Waals surface area contributed by atoms with E-state index in [4.69, 9.17) is 4.74 Å². The number of hydrogen-bond donors (Lipinski definition) is 3. The third kappa shape index (κ3) is 5.15. The quantitative estimate of drug-likeness (QED) is 0.453. The molecule has 27 heavy (non-hydrogen) atoms. The summed E-state index contributed by atoms with van der Waals surface area (Å²) in [5.74, 6) is -1.17. The first-order valence-corrected chi connectivity index (χ1v) is 9.38. The molecule has 0 saturated carbocycles. The van der Waals surface area contributed by atoms with Crippen molar-refractivity contribution in [2.45, 2.75) is 40.0 Å². The van der Waals surface area contributed by atoms with Gasteiger partial charge in [0, 0.05) is 10.9 Å². The maximum atomic E-state index is 12.7. The Balaban J connectivity index is 2.13. The van der Waals surface area contributed by atoms with Crippen molar-refractivity contribution in [2.75, 3.05) is 0 Å². The molecule has 0 saturated heterocycles. The minimum absolute atomic E-state index is 0.0509. The van der Waals surface area contributed by atoms with Crippen LogP contribution in [0.5, 0.6) is 0 Å². The molecular weight excluding hydrogens is 367 g/mol. The molecule has 1 aromatic carbocycles. The Morgan fingerprint density at radius 1 is 1.37 bits per heavy atom. The summed E-state index contributed by atoms with van der Waals surface area (Å²) in [6.45, 7) is 5.08. The predicted molar refractivity (Wildman–Crippen MR) is 103 cm³/mol. The Labute approximate surface area is 162 Å². The van der Waals surface area contributed by atoms with Crippen LogP contribution in [-0.4, -0.2) is 40.5 Å². The van der Waals surface area contributed by atoms with Crippen molar-refractivity contribution in [1.29, 1.82) is 0 Å². The van der Waals surface area contributed by atoms with Crippen molar-refractivity contribution < 1.29 is 24.5 Å². The Morgan fingerprint density at radius 2 is 2.11 bits per heavy atom. The van der Waals surface area contributed by atoms with E-state index < -0.39 is 17.9 Å². The highest BCUT2D eigenvalue weighted by molar-refractivity contribution is 7.07. The zero-order valence-electron chi connectivity index (χ0n) is 15.4. The van der Waals surface area contributed by atoms with E-state index in [2.05, 4.69) is 10.3 Å². The van der Waals surface area contributed by atoms with Gasteiger partial charge in [0.25, 0.3) is 5.91 Å². The molecule has 3 N–H and O–H groups in total. The van der Waals surface area contributed by atoms with Gasteiger partial charge < -0.3 is 20.2 Å². The number of nitrogens with zero attached hydrogens (tertiary/aromatic N) is 1. The summed E-state index contributed by atoms with van der Waals surface area (Å²) in [6, 6.07) is 2.30. The molecule has 7 nitrogen and oxygen atoms in total. The fraction of sp³-hybridized carbons (Fsp3) is 0.389. The highest BCUT2D eigenvalue weighted by Crippen LogP contribution is 2.12. The van der Waals surface area contributed by atoms with Crippen LogP contribution in [0.4, 0.5) is 0 Å². The van der Waals surface area contributed by atoms with Gasteiger partial charge in [0.15, 0.2) is 0 Å². The minimum atomic E-state index is -0.824. The highest BCUT2D eigenvalue weighted by atomic mass is 32.1. The van der Waals surface area contributed by atoms with Gasteiger partial charge in [-0.2, -0.15) is 0 Å². The number of benzene rings is 1. The third-order valence-corrected chi connectivity index (χ3v) is 4.84. The molecule has 0 aliphatic carbocycles. The maximum absolute atomic E-state index is 12.7. The number of ether oxygens (including phenoxy) is 1. The van der Waals surface area contributed by atoms with Crippen molar-refractivity contribution in [2.24, 2.45) is 5.92 Å². The number of thiazole rings is 1. The van der Waals surface area contributed by atoms with Crippen LogP contribution in [0.1, 0.15) is 41.0 Å². The van der Waals surface area contributed by atoms with Crippen molar-refractivity contribution in [1.82, 2.24) is 10.3 Å². The topological polar surface area (TPSA) is 109 Å². The number of nitrogens with one attached hydrogen (secondary N) is 1. The summed E-state index contributed by atoms with van der Waals surface area (Å²) in [7, 11) is 0.861. The largest absolute Gasteiger partial charge is 0.458 e. The van der Waals surface area contributed by atoms with Crippen LogP contribution in [0.25, 0.3) is 0 Å². The summed E-state index contributed by atoms with van der Waals surface area (Å²) in [5.41, 5.74) is 4.03. The first-order valence-electron chi connectivity index (χ1n) is 8.44. The summed E-state index contributed by atoms with van der Waals surface area (Å²) in [4.78, 5) is 29.2. The van der Waals surface area contributed by atoms with E-state index in [-0.39, 0.29) is 19.1 Å². The number of esters is 1. The van der Waals surface area contributed by atoms with Crippen LogP contribution >= 0.6 is 11.3 Å². The lowest BCUT2D eigenvalue weighted by Crippen LogP contribution is -2.45. The van der Waals surface area contributed by atoms with Crippen LogP contribution in [0, 0.1) is 12.8 Å². The van der Waals surface area contributed by atoms with E-state index in [0.29, 0.717) is 27.8 Å². The van der Waals surface area contributed by atoms with Crippen molar-refractivity contribution in [3.05, 3.63) is 45.4 Å². The highest BCUT2D eigenvalue weighted by Gasteiger charge is 2.27. The third-order valence-electron chi connectivity index (χ3n) is 4.20. The van der Waals surface area contributed by atoms with E-state index in [9.17, 15) is 19.7 Å². The molecule has 1 atom stereocenters. The fourth-order valence-corrected chi connectivity index (χ4v) is 3.15. The first kappa shape index (κ1) is 21.1. The molecule has 1 aromatic heterocycles. The monoisotopic (exact) mass is 389 g/mol. The minimum Gasteiger partial charge on any atom is -0.458 e. The van der Waals surface area contributed by atoms with Gasteiger partial charge >= 0.3 is 13.5 Å². The second-order valence-electron chi connectivity index (χ2n) is 6.38. The zero-order chi connectivity index (χ0) is 20.0. The van der Waals surface area contributed by atoms with Crippen LogP contribution in [0.3, 0.4) is 0 Å². The Bertz CT molecular complexity index is 795. The van der Waals surface area contributed by atoms with Crippen LogP contribution < -0.4 is 10.8 Å². The van der Waals surface area contributed by atoms with Gasteiger partial charge in [-0.15, -0.1) is 11.3 Å². The summed E-state index contributed by atoms with van der Waals surface area (Å²) in [6.07, 6.45) is 0. The van der Waals surface area contributed by atoms with Crippen molar-refractivity contribution in [3.8, 4) is 0 Å². The van der Waals surface area contributed by atoms with Gasteiger partial charge in [-0.3, -0.25) is 4.79 Å². The summed E-state index contributed by atoms with van der Waals surface area (Å²) in [5, 5.41) is 23.2. The SMILES string of the molecule is Cc1c(C(=O)N[C@H](C(=O)OCc2cscn2)C(C)C)ccc(CO)c1[B]O. The Hall–Kier alpha value is -2.23. The molecule has 1 heterocycles. The van der Waals surface area contributed by atoms with Gasteiger partial charge in [0.1, 0.15) is 12.6 Å². The fourth-order valence-electron chi connectivity index (χ4n) is 2.61. The van der Waals surface area contributed by atoms with Crippen molar-refractivity contribution in [3.63, 3.8) is 0 Å². The second-order valence-corrected chi connectivity index (χ2v) is 7.10. The van der Waals surface area contributed by atoms with E-state index >= 15 is 0 Å². The van der Waals surface area contributed by atoms with E-state index in [1.54, 1.807) is 29.9 Å². The van der Waals surface area contributed by atoms with Crippen LogP contribution in [-0.2, 0) is 22.7 Å². The predicted octanol–water partition coefficient (Wildman–Crippen LogP) is 0.678. The van der Waals surface area contributed by atoms with Gasteiger partial charge in [-0.1, -0.05) is 19.9 Å². The summed E-state index contributed by atoms with van der Waals surface area (Å²) >= 11 is 1.41. The van der Waals surface area contributed by atoms with E-state index in [0.717, 1.165) is 7.48 Å². The lowest BCUT2D eigenvalue weighted by Gasteiger charge is -2.22. The molecule has 2 aromatic rings. The molecule has 143 valence electrons. The van der Waals surface area contributed by atoms with Crippen LogP contribution in [0.15, 0.2) is 23.0 Å². The molecule has 1 radical (unpaired) electrons. The number of rotatable bonds is 8. The second kappa shape index (κ2) is 9.64. The molecule has 0 fully saturated rings. The number of carbonyl (C=O) groups is 2. The number of hydrogen-bond acceptors (Lipinski definition) is 7. The van der Waals surface area contributed by atoms with Gasteiger partial charge in [0.05, 0.1) is 17.8 Å². The van der Waals surface area contributed by atoms with Gasteiger partial charge in [-0.25, -0.2) is 9.78 Å².